The van der Waals surface area contributed by atoms with Crippen LogP contribution in [-0.4, -0.2) is 16.1 Å². The van der Waals surface area contributed by atoms with E-state index in [0.29, 0.717) is 5.92 Å². The molecular formula is C18H21N3. The quantitative estimate of drug-likeness (QED) is 0.767. The van der Waals surface area contributed by atoms with E-state index < -0.39 is 0 Å². The van der Waals surface area contributed by atoms with Crippen LogP contribution >= 0.6 is 0 Å². The van der Waals surface area contributed by atoms with Crippen molar-refractivity contribution in [3.63, 3.8) is 0 Å². The van der Waals surface area contributed by atoms with Crippen molar-refractivity contribution >= 4 is 16.7 Å². The van der Waals surface area contributed by atoms with Crippen LogP contribution in [-0.2, 0) is 0 Å². The molecule has 0 amide bonds. The topological polar surface area (TPSA) is 29.9 Å². The molecule has 2 aromatic carbocycles. The Balaban J connectivity index is 2.10. The molecule has 0 radical (unpaired) electrons. The monoisotopic (exact) mass is 279 g/mol. The molecule has 0 aliphatic carbocycles. The van der Waals surface area contributed by atoms with Crippen LogP contribution in [0.15, 0.2) is 48.7 Å². The summed E-state index contributed by atoms with van der Waals surface area (Å²) in [6, 6.07) is 14.8. The summed E-state index contributed by atoms with van der Waals surface area (Å²) in [6.45, 7) is 7.35. The lowest BCUT2D eigenvalue weighted by molar-refractivity contribution is 0.683. The minimum Gasteiger partial charge on any atom is -0.355 e. The number of imidazole rings is 1. The molecule has 108 valence electrons. The molecule has 0 unspecified atom stereocenters. The zero-order valence-corrected chi connectivity index (χ0v) is 12.8. The molecule has 0 saturated carbocycles. The Hall–Kier alpha value is -2.29. The zero-order valence-electron chi connectivity index (χ0n) is 12.8. The van der Waals surface area contributed by atoms with Crippen molar-refractivity contribution in [1.29, 1.82) is 0 Å². The average molecular weight is 279 g/mol. The number of anilines is 1. The number of rotatable bonds is 4. The molecule has 0 bridgehead atoms. The summed E-state index contributed by atoms with van der Waals surface area (Å²) in [5, 5.41) is 5.94. The van der Waals surface area contributed by atoms with E-state index in [4.69, 9.17) is 0 Å². The van der Waals surface area contributed by atoms with Crippen LogP contribution in [0.3, 0.4) is 0 Å². The smallest absolute Gasteiger partial charge is 0.207 e. The van der Waals surface area contributed by atoms with Gasteiger partial charge in [-0.15, -0.1) is 0 Å². The largest absolute Gasteiger partial charge is 0.355 e. The first-order valence-electron chi connectivity index (χ1n) is 7.43. The first kappa shape index (κ1) is 13.7. The van der Waals surface area contributed by atoms with Crippen molar-refractivity contribution < 1.29 is 0 Å². The Kier molecular flexibility index (Phi) is 3.65. The van der Waals surface area contributed by atoms with Gasteiger partial charge >= 0.3 is 0 Å². The molecule has 1 heterocycles. The maximum absolute atomic E-state index is 4.62. The first-order chi connectivity index (χ1) is 10.1. The molecule has 3 rings (SSSR count). The molecule has 1 N–H and O–H groups in total. The van der Waals surface area contributed by atoms with Crippen LogP contribution in [0.5, 0.6) is 0 Å². The van der Waals surface area contributed by atoms with Gasteiger partial charge in [0, 0.05) is 18.1 Å². The van der Waals surface area contributed by atoms with E-state index in [9.17, 15) is 0 Å². The van der Waals surface area contributed by atoms with Crippen molar-refractivity contribution in [3.8, 4) is 5.69 Å². The Bertz CT molecular complexity index is 751. The zero-order chi connectivity index (χ0) is 14.8. The van der Waals surface area contributed by atoms with Crippen molar-refractivity contribution in [2.45, 2.75) is 20.8 Å². The molecule has 3 heteroatoms. The molecule has 3 aromatic rings. The average Bonchev–Trinajstić information content (AvgIpc) is 2.85. The molecule has 1 aromatic heterocycles. The van der Waals surface area contributed by atoms with Crippen LogP contribution < -0.4 is 5.32 Å². The third-order valence-electron chi connectivity index (χ3n) is 3.52. The molecule has 0 aliphatic heterocycles. The second-order valence-electron chi connectivity index (χ2n) is 5.85. The lowest BCUT2D eigenvalue weighted by Gasteiger charge is -2.13. The van der Waals surface area contributed by atoms with Gasteiger partial charge < -0.3 is 5.32 Å². The lowest BCUT2D eigenvalue weighted by atomic mass is 10.1. The summed E-state index contributed by atoms with van der Waals surface area (Å²) in [7, 11) is 0. The number of nitrogens with one attached hydrogen (secondary N) is 1. The van der Waals surface area contributed by atoms with E-state index in [0.717, 1.165) is 18.2 Å². The van der Waals surface area contributed by atoms with Crippen molar-refractivity contribution in [3.05, 3.63) is 54.4 Å². The van der Waals surface area contributed by atoms with Crippen LogP contribution in [0.1, 0.15) is 19.5 Å². The molecule has 0 saturated heterocycles. The van der Waals surface area contributed by atoms with Crippen LogP contribution in [0.4, 0.5) is 5.95 Å². The lowest BCUT2D eigenvalue weighted by Crippen LogP contribution is -2.12. The fourth-order valence-corrected chi connectivity index (χ4v) is 2.52. The Morgan fingerprint density at radius 1 is 1.10 bits per heavy atom. The minimum absolute atomic E-state index is 0.586. The van der Waals surface area contributed by atoms with E-state index in [1.54, 1.807) is 0 Å². The van der Waals surface area contributed by atoms with E-state index in [1.807, 2.05) is 6.92 Å². The van der Waals surface area contributed by atoms with Gasteiger partial charge in [-0.3, -0.25) is 4.57 Å². The molecule has 0 fully saturated rings. The number of aryl methyl sites for hydroxylation is 1. The molecule has 0 aliphatic rings. The Morgan fingerprint density at radius 2 is 1.86 bits per heavy atom. The summed E-state index contributed by atoms with van der Waals surface area (Å²) < 4.78 is 2.15. The summed E-state index contributed by atoms with van der Waals surface area (Å²) in [4.78, 5) is 4.62. The number of fused-ring (bicyclic) bond motifs is 1. The number of benzene rings is 2. The van der Waals surface area contributed by atoms with E-state index in [-0.39, 0.29) is 0 Å². The van der Waals surface area contributed by atoms with Gasteiger partial charge in [-0.25, -0.2) is 4.98 Å². The maximum atomic E-state index is 4.62. The highest BCUT2D eigenvalue weighted by Crippen LogP contribution is 2.25. The van der Waals surface area contributed by atoms with Gasteiger partial charge in [-0.2, -0.15) is 0 Å². The standard InChI is InChI=1S/C18H21N3/c1-13(2)11-19-18-20-14(3)12-21(18)17-10-6-8-15-7-4-5-9-16(15)17/h4-10,12-13H,11H2,1-3H3,(H,19,20). The van der Waals surface area contributed by atoms with E-state index in [1.165, 1.54) is 16.5 Å². The number of hydrogen-bond acceptors (Lipinski definition) is 2. The summed E-state index contributed by atoms with van der Waals surface area (Å²) >= 11 is 0. The Labute approximate surface area is 125 Å². The molecule has 21 heavy (non-hydrogen) atoms. The fraction of sp³-hybridized carbons (Fsp3) is 0.278. The highest BCUT2D eigenvalue weighted by atomic mass is 15.2. The summed E-state index contributed by atoms with van der Waals surface area (Å²) in [5.41, 5.74) is 2.19. The highest BCUT2D eigenvalue weighted by Gasteiger charge is 2.10. The van der Waals surface area contributed by atoms with Gasteiger partial charge in [0.05, 0.1) is 11.4 Å². The van der Waals surface area contributed by atoms with Crippen molar-refractivity contribution in [2.75, 3.05) is 11.9 Å². The SMILES string of the molecule is Cc1cn(-c2cccc3ccccc23)c(NCC(C)C)n1. The van der Waals surface area contributed by atoms with Gasteiger partial charge in [0.2, 0.25) is 5.95 Å². The van der Waals surface area contributed by atoms with Crippen LogP contribution in [0.25, 0.3) is 16.5 Å². The normalized spacial score (nSPS) is 11.2. The second kappa shape index (κ2) is 5.60. The maximum Gasteiger partial charge on any atom is 0.207 e. The molecule has 3 nitrogen and oxygen atoms in total. The third kappa shape index (κ3) is 2.77. The Morgan fingerprint density at radius 3 is 2.67 bits per heavy atom. The third-order valence-corrected chi connectivity index (χ3v) is 3.52. The minimum atomic E-state index is 0.586. The van der Waals surface area contributed by atoms with Crippen molar-refractivity contribution in [1.82, 2.24) is 9.55 Å². The second-order valence-corrected chi connectivity index (χ2v) is 5.85. The summed E-state index contributed by atoms with van der Waals surface area (Å²) in [6.07, 6.45) is 2.09. The highest BCUT2D eigenvalue weighted by molar-refractivity contribution is 5.90. The fourth-order valence-electron chi connectivity index (χ4n) is 2.52. The van der Waals surface area contributed by atoms with Crippen molar-refractivity contribution in [2.24, 2.45) is 5.92 Å². The summed E-state index contributed by atoms with van der Waals surface area (Å²) in [5.74, 6) is 1.50. The number of hydrogen-bond donors (Lipinski definition) is 1. The van der Waals surface area contributed by atoms with Gasteiger partial charge in [0.25, 0.3) is 0 Å². The molecule has 0 atom stereocenters. The van der Waals surface area contributed by atoms with Crippen LogP contribution in [0.2, 0.25) is 0 Å². The molecular weight excluding hydrogens is 258 g/mol. The van der Waals surface area contributed by atoms with Gasteiger partial charge in [0.1, 0.15) is 0 Å². The predicted molar refractivity (Wildman–Crippen MR) is 89.1 cm³/mol. The van der Waals surface area contributed by atoms with E-state index >= 15 is 0 Å². The predicted octanol–water partition coefficient (Wildman–Crippen LogP) is 4.40. The number of nitrogens with zero attached hydrogens (tertiary/aromatic N) is 2. The van der Waals surface area contributed by atoms with Gasteiger partial charge in [0.15, 0.2) is 0 Å². The van der Waals surface area contributed by atoms with E-state index in [2.05, 4.69) is 77.4 Å². The number of aromatic nitrogens is 2. The van der Waals surface area contributed by atoms with Gasteiger partial charge in [-0.1, -0.05) is 50.2 Å². The first-order valence-corrected chi connectivity index (χ1v) is 7.43. The van der Waals surface area contributed by atoms with Crippen LogP contribution in [0, 0.1) is 12.8 Å². The van der Waals surface area contributed by atoms with Gasteiger partial charge in [-0.05, 0) is 24.3 Å². The molecule has 0 spiro atoms.